The van der Waals surface area contributed by atoms with Crippen LogP contribution in [0.25, 0.3) is 0 Å². The normalized spacial score (nSPS) is 10.0. The van der Waals surface area contributed by atoms with E-state index in [1.54, 1.807) is 54.6 Å². The molecule has 178 valence electrons. The van der Waals surface area contributed by atoms with E-state index in [0.717, 1.165) is 11.8 Å². The van der Waals surface area contributed by atoms with E-state index < -0.39 is 24.5 Å². The molecule has 3 N–H and O–H groups in total. The quantitative estimate of drug-likeness (QED) is 0.305. The molecule has 0 unspecified atom stereocenters. The number of furan rings is 1. The molecule has 35 heavy (non-hydrogen) atoms. The van der Waals surface area contributed by atoms with E-state index in [4.69, 9.17) is 14.4 Å². The number of carbonyl (C=O) groups is 4. The summed E-state index contributed by atoms with van der Waals surface area (Å²) in [4.78, 5) is 48.9. The van der Waals surface area contributed by atoms with Crippen LogP contribution in [-0.2, 0) is 20.9 Å². The minimum Gasteiger partial charge on any atom is -0.467 e. The highest BCUT2D eigenvalue weighted by molar-refractivity contribution is 8.00. The number of amides is 4. The molecule has 0 saturated carbocycles. The van der Waals surface area contributed by atoms with Crippen LogP contribution in [0.5, 0.6) is 0 Å². The third-order valence-electron chi connectivity index (χ3n) is 4.33. The van der Waals surface area contributed by atoms with Crippen molar-refractivity contribution in [2.75, 3.05) is 17.7 Å². The molecule has 0 atom stereocenters. The summed E-state index contributed by atoms with van der Waals surface area (Å²) in [7, 11) is 0. The first-order valence-corrected chi connectivity index (χ1v) is 11.2. The van der Waals surface area contributed by atoms with Crippen LogP contribution in [0.4, 0.5) is 10.5 Å². The van der Waals surface area contributed by atoms with Crippen LogP contribution in [0.1, 0.15) is 21.7 Å². The number of nitrogens with one attached hydrogen (secondary N) is 3. The lowest BCUT2D eigenvalue weighted by Gasteiger charge is -2.10. The van der Waals surface area contributed by atoms with Crippen LogP contribution in [0.15, 0.2) is 76.2 Å². The van der Waals surface area contributed by atoms with E-state index >= 15 is 0 Å². The van der Waals surface area contributed by atoms with Crippen LogP contribution in [0, 0.1) is 11.3 Å². The largest absolute Gasteiger partial charge is 0.467 e. The molecule has 3 rings (SSSR count). The Labute approximate surface area is 204 Å². The summed E-state index contributed by atoms with van der Waals surface area (Å²) in [6.45, 7) is -0.574. The average molecular weight is 493 g/mol. The first-order valence-electron chi connectivity index (χ1n) is 10.2. The number of hydrogen-bond donors (Lipinski definition) is 3. The molecule has 3 aromatic rings. The summed E-state index contributed by atoms with van der Waals surface area (Å²) < 4.78 is 10.1. The summed E-state index contributed by atoms with van der Waals surface area (Å²) in [6, 6.07) is 17.5. The molecule has 11 heteroatoms. The Balaban J connectivity index is 1.47. The van der Waals surface area contributed by atoms with Gasteiger partial charge in [0.05, 0.1) is 35.8 Å². The highest BCUT2D eigenvalue weighted by atomic mass is 32.2. The van der Waals surface area contributed by atoms with Gasteiger partial charge in [-0.25, -0.2) is 9.59 Å². The van der Waals surface area contributed by atoms with Gasteiger partial charge in [0, 0.05) is 10.6 Å². The lowest BCUT2D eigenvalue weighted by molar-refractivity contribution is -0.123. The van der Waals surface area contributed by atoms with Crippen LogP contribution in [0.2, 0.25) is 0 Å². The molecule has 1 heterocycles. The molecule has 1 aromatic heterocycles. The van der Waals surface area contributed by atoms with Crippen LogP contribution >= 0.6 is 11.8 Å². The molecule has 0 aliphatic heterocycles. The first-order chi connectivity index (χ1) is 16.9. The number of imide groups is 1. The van der Waals surface area contributed by atoms with Crippen molar-refractivity contribution >= 4 is 41.3 Å². The maximum atomic E-state index is 12.5. The topological polar surface area (TPSA) is 151 Å². The molecule has 0 spiro atoms. The summed E-state index contributed by atoms with van der Waals surface area (Å²) in [5.41, 5.74) is 1.08. The Hall–Kier alpha value is -4.56. The molecular formula is C24H20N4O6S. The smallest absolute Gasteiger partial charge is 0.339 e. The Morgan fingerprint density at radius 2 is 1.83 bits per heavy atom. The van der Waals surface area contributed by atoms with E-state index in [9.17, 15) is 19.2 Å². The number of rotatable bonds is 9. The summed E-state index contributed by atoms with van der Waals surface area (Å²) in [5, 5.41) is 16.1. The number of ether oxygens (including phenoxy) is 1. The maximum Gasteiger partial charge on any atom is 0.339 e. The van der Waals surface area contributed by atoms with Crippen molar-refractivity contribution in [1.29, 1.82) is 5.26 Å². The van der Waals surface area contributed by atoms with Crippen molar-refractivity contribution < 1.29 is 28.3 Å². The second kappa shape index (κ2) is 12.6. The fraction of sp³-hybridized carbons (Fsp3) is 0.125. The van der Waals surface area contributed by atoms with Gasteiger partial charge in [0.2, 0.25) is 5.91 Å². The molecule has 0 aliphatic carbocycles. The number of esters is 1. The van der Waals surface area contributed by atoms with Crippen molar-refractivity contribution in [2.24, 2.45) is 0 Å². The number of urea groups is 1. The van der Waals surface area contributed by atoms with Crippen molar-refractivity contribution in [3.63, 3.8) is 0 Å². The Morgan fingerprint density at radius 1 is 1.00 bits per heavy atom. The first kappa shape index (κ1) is 25.1. The van der Waals surface area contributed by atoms with E-state index in [1.165, 1.54) is 12.3 Å². The zero-order valence-corrected chi connectivity index (χ0v) is 19.1. The van der Waals surface area contributed by atoms with Gasteiger partial charge in [0.1, 0.15) is 5.76 Å². The molecule has 0 fully saturated rings. The number of benzene rings is 2. The molecule has 0 aliphatic rings. The fourth-order valence-electron chi connectivity index (χ4n) is 2.76. The van der Waals surface area contributed by atoms with Crippen molar-refractivity contribution in [1.82, 2.24) is 10.6 Å². The Bertz CT molecular complexity index is 1250. The Morgan fingerprint density at radius 3 is 2.60 bits per heavy atom. The van der Waals surface area contributed by atoms with Gasteiger partial charge >= 0.3 is 12.0 Å². The van der Waals surface area contributed by atoms with Crippen LogP contribution in [-0.4, -0.2) is 36.2 Å². The Kier molecular flexibility index (Phi) is 9.04. The number of nitrogens with zero attached hydrogens (tertiary/aromatic N) is 1. The van der Waals surface area contributed by atoms with Crippen molar-refractivity contribution in [3.8, 4) is 6.07 Å². The van der Waals surface area contributed by atoms with Gasteiger partial charge in [-0.05, 0) is 42.5 Å². The maximum absolute atomic E-state index is 12.5. The average Bonchev–Trinajstić information content (AvgIpc) is 3.39. The third kappa shape index (κ3) is 8.06. The number of carbonyl (C=O) groups excluding carboxylic acids is 4. The van der Waals surface area contributed by atoms with Gasteiger partial charge in [-0.1, -0.05) is 18.2 Å². The SMILES string of the molecule is N#Cc1cccc(NC(=O)CSc2ccccc2C(=O)OCC(=O)NC(=O)NCc2ccco2)c1. The molecule has 2 aromatic carbocycles. The predicted octanol–water partition coefficient (Wildman–Crippen LogP) is 3.06. The molecule has 4 amide bonds. The second-order valence-corrected chi connectivity index (χ2v) is 7.93. The van der Waals surface area contributed by atoms with Crippen molar-refractivity contribution in [3.05, 3.63) is 83.8 Å². The van der Waals surface area contributed by atoms with Gasteiger partial charge < -0.3 is 19.8 Å². The van der Waals surface area contributed by atoms with E-state index in [-0.39, 0.29) is 23.8 Å². The van der Waals surface area contributed by atoms with Gasteiger partial charge in [-0.3, -0.25) is 14.9 Å². The summed E-state index contributed by atoms with van der Waals surface area (Å²) >= 11 is 1.11. The van der Waals surface area contributed by atoms with Gasteiger partial charge in [-0.2, -0.15) is 5.26 Å². The molecule has 0 saturated heterocycles. The number of anilines is 1. The van der Waals surface area contributed by atoms with E-state index in [0.29, 0.717) is 21.9 Å². The highest BCUT2D eigenvalue weighted by Crippen LogP contribution is 2.23. The van der Waals surface area contributed by atoms with E-state index in [1.807, 2.05) is 11.4 Å². The van der Waals surface area contributed by atoms with Crippen LogP contribution in [0.3, 0.4) is 0 Å². The monoisotopic (exact) mass is 492 g/mol. The lowest BCUT2D eigenvalue weighted by Crippen LogP contribution is -2.41. The highest BCUT2D eigenvalue weighted by Gasteiger charge is 2.17. The molecule has 10 nitrogen and oxygen atoms in total. The summed E-state index contributed by atoms with van der Waals surface area (Å²) in [6.07, 6.45) is 1.46. The predicted molar refractivity (Wildman–Crippen MR) is 126 cm³/mol. The number of thioether (sulfide) groups is 1. The van der Waals surface area contributed by atoms with E-state index in [2.05, 4.69) is 10.6 Å². The van der Waals surface area contributed by atoms with Crippen molar-refractivity contribution in [2.45, 2.75) is 11.4 Å². The minimum atomic E-state index is -0.806. The fourth-order valence-corrected chi connectivity index (χ4v) is 3.60. The standard InChI is InChI=1S/C24H20N4O6S/c25-12-16-5-3-6-17(11-16)27-22(30)15-35-20-9-2-1-8-19(20)23(31)34-14-21(29)28-24(32)26-13-18-7-4-10-33-18/h1-11H,13-15H2,(H,27,30)(H2,26,28,29,32). The number of hydrogen-bond acceptors (Lipinski definition) is 8. The lowest BCUT2D eigenvalue weighted by atomic mass is 10.2. The minimum absolute atomic E-state index is 0.00258. The van der Waals surface area contributed by atoms with Gasteiger partial charge in [0.25, 0.3) is 5.91 Å². The number of nitriles is 1. The van der Waals surface area contributed by atoms with Crippen LogP contribution < -0.4 is 16.0 Å². The zero-order valence-electron chi connectivity index (χ0n) is 18.3. The molecular weight excluding hydrogens is 472 g/mol. The third-order valence-corrected chi connectivity index (χ3v) is 5.41. The van der Waals surface area contributed by atoms with Gasteiger partial charge in [0.15, 0.2) is 6.61 Å². The second-order valence-electron chi connectivity index (χ2n) is 6.91. The summed E-state index contributed by atoms with van der Waals surface area (Å²) in [5.74, 6) is -1.40. The van der Waals surface area contributed by atoms with Gasteiger partial charge in [-0.15, -0.1) is 11.8 Å². The zero-order chi connectivity index (χ0) is 25.0. The molecule has 0 bridgehead atoms. The molecule has 0 radical (unpaired) electrons.